The van der Waals surface area contributed by atoms with E-state index in [1.165, 1.54) is 12.8 Å². The molecule has 2 aliphatic rings. The lowest BCUT2D eigenvalue weighted by atomic mass is 9.94. The third-order valence-electron chi connectivity index (χ3n) is 3.92. The van der Waals surface area contributed by atoms with Crippen LogP contribution in [0.2, 0.25) is 0 Å². The number of carbonyl (C=O) groups excluding carboxylic acids is 1. The predicted octanol–water partition coefficient (Wildman–Crippen LogP) is 0.845. The van der Waals surface area contributed by atoms with Crippen molar-refractivity contribution in [3.05, 3.63) is 0 Å². The molecule has 0 aliphatic carbocycles. The molecule has 0 aromatic carbocycles. The molecule has 2 N–H and O–H groups in total. The zero-order valence-electron chi connectivity index (χ0n) is 11.2. The topological polar surface area (TPSA) is 52.6 Å². The molecule has 5 heteroatoms. The molecule has 2 aliphatic heterocycles. The molecule has 1 amide bonds. The second-order valence-electron chi connectivity index (χ2n) is 5.64. The molecule has 4 nitrogen and oxygen atoms in total. The van der Waals surface area contributed by atoms with Gasteiger partial charge in [0, 0.05) is 18.3 Å². The highest BCUT2D eigenvalue weighted by Gasteiger charge is 2.29. The highest BCUT2D eigenvalue weighted by molar-refractivity contribution is 8.00. The van der Waals surface area contributed by atoms with Crippen LogP contribution in [0.3, 0.4) is 0 Å². The molecule has 2 rings (SSSR count). The van der Waals surface area contributed by atoms with E-state index in [4.69, 9.17) is 0 Å². The fraction of sp³-hybridized carbons (Fsp3) is 0.923. The summed E-state index contributed by atoms with van der Waals surface area (Å²) >= 11 is 1.81. The van der Waals surface area contributed by atoms with Crippen LogP contribution in [0.1, 0.15) is 32.6 Å². The minimum Gasteiger partial charge on any atom is -0.390 e. The first kappa shape index (κ1) is 14.2. The van der Waals surface area contributed by atoms with Crippen molar-refractivity contribution in [2.75, 3.05) is 31.9 Å². The van der Waals surface area contributed by atoms with Crippen molar-refractivity contribution in [2.45, 2.75) is 43.5 Å². The summed E-state index contributed by atoms with van der Waals surface area (Å²) in [7, 11) is 0. The van der Waals surface area contributed by atoms with Crippen LogP contribution in [0, 0.1) is 0 Å². The minimum absolute atomic E-state index is 0.244. The Hall–Kier alpha value is -0.260. The molecule has 0 aromatic heterocycles. The van der Waals surface area contributed by atoms with E-state index in [-0.39, 0.29) is 5.91 Å². The molecule has 0 radical (unpaired) electrons. The highest BCUT2D eigenvalue weighted by atomic mass is 32.2. The Morgan fingerprint density at radius 3 is 2.61 bits per heavy atom. The fourth-order valence-corrected chi connectivity index (χ4v) is 3.61. The lowest BCUT2D eigenvalue weighted by Crippen LogP contribution is -2.46. The summed E-state index contributed by atoms with van der Waals surface area (Å²) < 4.78 is 0. The Balaban J connectivity index is 1.68. The monoisotopic (exact) mass is 272 g/mol. The number of nitrogens with zero attached hydrogens (tertiary/aromatic N) is 1. The second kappa shape index (κ2) is 6.26. The first-order valence-corrected chi connectivity index (χ1v) is 7.94. The summed E-state index contributed by atoms with van der Waals surface area (Å²) in [5.74, 6) is 0.848. The van der Waals surface area contributed by atoms with Gasteiger partial charge in [0.1, 0.15) is 0 Å². The standard InChI is InChI=1S/C13H24N2O2S/c1-13(17)4-8-15(9-5-13)12(16)10-18-11-2-6-14-7-3-11/h11,14,17H,2-10H2,1H3. The van der Waals surface area contributed by atoms with Crippen LogP contribution in [0.4, 0.5) is 0 Å². The minimum atomic E-state index is -0.570. The largest absolute Gasteiger partial charge is 0.390 e. The average Bonchev–Trinajstić information content (AvgIpc) is 2.37. The molecule has 2 fully saturated rings. The number of aliphatic hydroxyl groups is 1. The second-order valence-corrected chi connectivity index (χ2v) is 6.93. The van der Waals surface area contributed by atoms with Crippen molar-refractivity contribution >= 4 is 17.7 Å². The third kappa shape index (κ3) is 4.14. The molecule has 0 aromatic rings. The molecule has 0 atom stereocenters. The van der Waals surface area contributed by atoms with Gasteiger partial charge in [0.25, 0.3) is 0 Å². The SMILES string of the molecule is CC1(O)CCN(C(=O)CSC2CCNCC2)CC1. The van der Waals surface area contributed by atoms with Crippen LogP contribution >= 0.6 is 11.8 Å². The Bertz CT molecular complexity index is 281. The van der Waals surface area contributed by atoms with Gasteiger partial charge in [0.15, 0.2) is 0 Å². The summed E-state index contributed by atoms with van der Waals surface area (Å²) in [5.41, 5.74) is -0.570. The number of rotatable bonds is 3. The van der Waals surface area contributed by atoms with Gasteiger partial charge in [-0.1, -0.05) is 0 Å². The number of thioether (sulfide) groups is 1. The van der Waals surface area contributed by atoms with Crippen molar-refractivity contribution in [1.29, 1.82) is 0 Å². The summed E-state index contributed by atoms with van der Waals surface area (Å²) in [6.45, 7) is 5.44. The Morgan fingerprint density at radius 1 is 1.39 bits per heavy atom. The van der Waals surface area contributed by atoms with Crippen LogP contribution in [0.5, 0.6) is 0 Å². The molecule has 104 valence electrons. The van der Waals surface area contributed by atoms with E-state index < -0.39 is 5.60 Å². The average molecular weight is 272 g/mol. The fourth-order valence-electron chi connectivity index (χ4n) is 2.48. The Labute approximate surface area is 113 Å². The quantitative estimate of drug-likeness (QED) is 0.799. The van der Waals surface area contributed by atoms with Crippen LogP contribution in [-0.2, 0) is 4.79 Å². The van der Waals surface area contributed by atoms with E-state index in [1.54, 1.807) is 11.8 Å². The Morgan fingerprint density at radius 2 is 2.00 bits per heavy atom. The van der Waals surface area contributed by atoms with Crippen LogP contribution in [0.15, 0.2) is 0 Å². The molecule has 0 spiro atoms. The number of hydrogen-bond acceptors (Lipinski definition) is 4. The van der Waals surface area contributed by atoms with E-state index in [2.05, 4.69) is 5.32 Å². The van der Waals surface area contributed by atoms with Crippen LogP contribution < -0.4 is 5.32 Å². The van der Waals surface area contributed by atoms with Gasteiger partial charge in [0.2, 0.25) is 5.91 Å². The zero-order valence-corrected chi connectivity index (χ0v) is 12.0. The summed E-state index contributed by atoms with van der Waals surface area (Å²) in [4.78, 5) is 14.0. The first-order valence-electron chi connectivity index (χ1n) is 6.89. The molecule has 0 unspecified atom stereocenters. The first-order chi connectivity index (χ1) is 8.57. The van der Waals surface area contributed by atoms with Gasteiger partial charge in [-0.2, -0.15) is 0 Å². The maximum atomic E-state index is 12.1. The van der Waals surface area contributed by atoms with Crippen molar-refractivity contribution in [1.82, 2.24) is 10.2 Å². The molecular formula is C13H24N2O2S. The molecular weight excluding hydrogens is 248 g/mol. The van der Waals surface area contributed by atoms with Gasteiger partial charge in [0.05, 0.1) is 11.4 Å². The van der Waals surface area contributed by atoms with E-state index in [0.29, 0.717) is 36.9 Å². The zero-order chi connectivity index (χ0) is 13.0. The summed E-state index contributed by atoms with van der Waals surface area (Å²) in [6, 6.07) is 0. The number of likely N-dealkylation sites (tertiary alicyclic amines) is 1. The molecule has 18 heavy (non-hydrogen) atoms. The van der Waals surface area contributed by atoms with Crippen molar-refractivity contribution in [3.63, 3.8) is 0 Å². The number of carbonyl (C=O) groups is 1. The summed E-state index contributed by atoms with van der Waals surface area (Å²) in [6.07, 6.45) is 3.76. The number of piperidine rings is 2. The van der Waals surface area contributed by atoms with Gasteiger partial charge >= 0.3 is 0 Å². The van der Waals surface area contributed by atoms with E-state index >= 15 is 0 Å². The number of hydrogen-bond donors (Lipinski definition) is 2. The van der Waals surface area contributed by atoms with Gasteiger partial charge in [-0.25, -0.2) is 0 Å². The summed E-state index contributed by atoms with van der Waals surface area (Å²) in [5, 5.41) is 13.8. The lowest BCUT2D eigenvalue weighted by molar-refractivity contribution is -0.132. The van der Waals surface area contributed by atoms with Crippen molar-refractivity contribution in [2.24, 2.45) is 0 Å². The lowest BCUT2D eigenvalue weighted by Gasteiger charge is -2.36. The number of amides is 1. The van der Waals surface area contributed by atoms with Gasteiger partial charge in [-0.15, -0.1) is 11.8 Å². The molecule has 0 bridgehead atoms. The maximum absolute atomic E-state index is 12.1. The maximum Gasteiger partial charge on any atom is 0.232 e. The molecule has 0 saturated carbocycles. The molecule has 2 saturated heterocycles. The number of nitrogens with one attached hydrogen (secondary N) is 1. The van der Waals surface area contributed by atoms with Crippen molar-refractivity contribution in [3.8, 4) is 0 Å². The van der Waals surface area contributed by atoms with Gasteiger partial charge in [-0.05, 0) is 45.7 Å². The van der Waals surface area contributed by atoms with Crippen LogP contribution in [-0.4, -0.2) is 58.7 Å². The Kier molecular flexibility index (Phi) is 4.92. The van der Waals surface area contributed by atoms with Gasteiger partial charge in [-0.3, -0.25) is 4.79 Å². The van der Waals surface area contributed by atoms with E-state index in [1.807, 2.05) is 11.8 Å². The van der Waals surface area contributed by atoms with Crippen molar-refractivity contribution < 1.29 is 9.90 Å². The highest BCUT2D eigenvalue weighted by Crippen LogP contribution is 2.24. The van der Waals surface area contributed by atoms with E-state index in [9.17, 15) is 9.90 Å². The third-order valence-corrected chi connectivity index (χ3v) is 5.28. The normalized spacial score (nSPS) is 25.1. The van der Waals surface area contributed by atoms with Gasteiger partial charge < -0.3 is 15.3 Å². The van der Waals surface area contributed by atoms with E-state index in [0.717, 1.165) is 13.1 Å². The smallest absolute Gasteiger partial charge is 0.232 e. The predicted molar refractivity (Wildman–Crippen MR) is 74.8 cm³/mol. The molecule has 2 heterocycles. The van der Waals surface area contributed by atoms with Crippen LogP contribution in [0.25, 0.3) is 0 Å².